The van der Waals surface area contributed by atoms with Gasteiger partial charge in [0.2, 0.25) is 0 Å². The SMILES string of the molecule is COc1ccccc1N1CCN(C(=O)c2cc(OCC(F)(F)F)ccc2[N+](=O)[O-])CC1. The van der Waals surface area contributed by atoms with Crippen molar-refractivity contribution in [2.24, 2.45) is 0 Å². The number of anilines is 1. The Kier molecular flexibility index (Phi) is 6.52. The zero-order chi connectivity index (χ0) is 22.6. The van der Waals surface area contributed by atoms with Crippen molar-refractivity contribution in [1.82, 2.24) is 4.90 Å². The summed E-state index contributed by atoms with van der Waals surface area (Å²) in [7, 11) is 1.56. The van der Waals surface area contributed by atoms with E-state index < -0.39 is 29.3 Å². The predicted molar refractivity (Wildman–Crippen MR) is 106 cm³/mol. The van der Waals surface area contributed by atoms with Crippen LogP contribution in [0, 0.1) is 10.1 Å². The van der Waals surface area contributed by atoms with Gasteiger partial charge in [-0.15, -0.1) is 0 Å². The summed E-state index contributed by atoms with van der Waals surface area (Å²) >= 11 is 0. The molecule has 0 saturated carbocycles. The van der Waals surface area contributed by atoms with Crippen molar-refractivity contribution < 1.29 is 32.4 Å². The number of hydrogen-bond acceptors (Lipinski definition) is 6. The van der Waals surface area contributed by atoms with Crippen LogP contribution in [0.3, 0.4) is 0 Å². The minimum Gasteiger partial charge on any atom is -0.495 e. The number of ether oxygens (including phenoxy) is 2. The molecule has 0 atom stereocenters. The maximum absolute atomic E-state index is 12.9. The van der Waals surface area contributed by atoms with Gasteiger partial charge in [0, 0.05) is 32.2 Å². The van der Waals surface area contributed by atoms with Crippen molar-refractivity contribution in [1.29, 1.82) is 0 Å². The lowest BCUT2D eigenvalue weighted by atomic mass is 10.1. The van der Waals surface area contributed by atoms with Gasteiger partial charge in [0.1, 0.15) is 17.1 Å². The molecule has 166 valence electrons. The number of nitro groups is 1. The van der Waals surface area contributed by atoms with Gasteiger partial charge in [-0.2, -0.15) is 13.2 Å². The molecular weight excluding hydrogens is 419 g/mol. The molecule has 31 heavy (non-hydrogen) atoms. The number of halogens is 3. The lowest BCUT2D eigenvalue weighted by molar-refractivity contribution is -0.385. The topological polar surface area (TPSA) is 85.2 Å². The highest BCUT2D eigenvalue weighted by Gasteiger charge is 2.31. The van der Waals surface area contributed by atoms with Gasteiger partial charge in [-0.1, -0.05) is 12.1 Å². The Labute approximate surface area is 175 Å². The van der Waals surface area contributed by atoms with Crippen LogP contribution in [0.5, 0.6) is 11.5 Å². The standard InChI is InChI=1S/C20H20F3N3O5/c1-30-18-5-3-2-4-17(18)24-8-10-25(11-9-24)19(27)15-12-14(31-13-20(21,22)23)6-7-16(15)26(28)29/h2-7,12H,8-11,13H2,1H3. The first-order chi connectivity index (χ1) is 14.7. The lowest BCUT2D eigenvalue weighted by Crippen LogP contribution is -2.49. The van der Waals surface area contributed by atoms with Gasteiger partial charge < -0.3 is 19.3 Å². The Bertz CT molecular complexity index is 959. The smallest absolute Gasteiger partial charge is 0.422 e. The van der Waals surface area contributed by atoms with Crippen LogP contribution in [0.4, 0.5) is 24.5 Å². The van der Waals surface area contributed by atoms with E-state index in [1.807, 2.05) is 29.2 Å². The van der Waals surface area contributed by atoms with E-state index in [9.17, 15) is 28.1 Å². The fourth-order valence-electron chi connectivity index (χ4n) is 3.31. The molecule has 0 spiro atoms. The number of hydrogen-bond donors (Lipinski definition) is 0. The van der Waals surface area contributed by atoms with Crippen molar-refractivity contribution in [2.75, 3.05) is 44.8 Å². The molecule has 1 aliphatic rings. The van der Waals surface area contributed by atoms with Crippen LogP contribution in [0.1, 0.15) is 10.4 Å². The second-order valence-electron chi connectivity index (χ2n) is 6.79. The van der Waals surface area contributed by atoms with Gasteiger partial charge in [0.15, 0.2) is 6.61 Å². The van der Waals surface area contributed by atoms with Crippen LogP contribution in [-0.2, 0) is 0 Å². The van der Waals surface area contributed by atoms with E-state index in [-0.39, 0.29) is 24.4 Å². The summed E-state index contributed by atoms with van der Waals surface area (Å²) in [5.74, 6) is -0.213. The molecule has 0 bridgehead atoms. The van der Waals surface area contributed by atoms with Crippen molar-refractivity contribution in [2.45, 2.75) is 6.18 Å². The summed E-state index contributed by atoms with van der Waals surface area (Å²) in [4.78, 5) is 27.0. The average Bonchev–Trinajstić information content (AvgIpc) is 2.76. The van der Waals surface area contributed by atoms with Crippen LogP contribution in [0.25, 0.3) is 0 Å². The molecule has 2 aromatic rings. The van der Waals surface area contributed by atoms with E-state index in [4.69, 9.17) is 4.74 Å². The maximum Gasteiger partial charge on any atom is 0.422 e. The third kappa shape index (κ3) is 5.36. The number of methoxy groups -OCH3 is 1. The van der Waals surface area contributed by atoms with E-state index in [2.05, 4.69) is 4.74 Å². The summed E-state index contributed by atoms with van der Waals surface area (Å²) in [6.45, 7) is -0.0757. The zero-order valence-electron chi connectivity index (χ0n) is 16.6. The summed E-state index contributed by atoms with van der Waals surface area (Å²) in [6, 6.07) is 10.4. The quantitative estimate of drug-likeness (QED) is 0.506. The molecule has 1 aliphatic heterocycles. The van der Waals surface area contributed by atoms with Crippen LogP contribution < -0.4 is 14.4 Å². The average molecular weight is 439 g/mol. The van der Waals surface area contributed by atoms with Crippen molar-refractivity contribution >= 4 is 17.3 Å². The monoisotopic (exact) mass is 439 g/mol. The number of piperazine rings is 1. The Morgan fingerprint density at radius 2 is 1.81 bits per heavy atom. The molecule has 1 heterocycles. The Balaban J connectivity index is 1.75. The highest BCUT2D eigenvalue weighted by Crippen LogP contribution is 2.30. The second kappa shape index (κ2) is 9.11. The third-order valence-corrected chi connectivity index (χ3v) is 4.79. The molecule has 1 fully saturated rings. The number of nitrogens with zero attached hydrogens (tertiary/aromatic N) is 3. The first-order valence-corrected chi connectivity index (χ1v) is 9.35. The van der Waals surface area contributed by atoms with Crippen molar-refractivity contribution in [3.05, 3.63) is 58.1 Å². The van der Waals surface area contributed by atoms with E-state index in [0.29, 0.717) is 18.8 Å². The van der Waals surface area contributed by atoms with Gasteiger partial charge in [0.05, 0.1) is 17.7 Å². The summed E-state index contributed by atoms with van der Waals surface area (Å²) < 4.78 is 47.2. The Morgan fingerprint density at radius 1 is 1.13 bits per heavy atom. The van der Waals surface area contributed by atoms with Gasteiger partial charge in [-0.05, 0) is 24.3 Å². The van der Waals surface area contributed by atoms with E-state index in [1.54, 1.807) is 7.11 Å². The number of alkyl halides is 3. The minimum atomic E-state index is -4.57. The summed E-state index contributed by atoms with van der Waals surface area (Å²) in [5, 5.41) is 11.3. The molecular formula is C20H20F3N3O5. The molecule has 11 heteroatoms. The van der Waals surface area contributed by atoms with Crippen molar-refractivity contribution in [3.8, 4) is 11.5 Å². The van der Waals surface area contributed by atoms with Gasteiger partial charge in [-0.3, -0.25) is 14.9 Å². The molecule has 2 aromatic carbocycles. The molecule has 1 saturated heterocycles. The van der Waals surface area contributed by atoms with Crippen LogP contribution in [-0.4, -0.2) is 61.8 Å². The summed E-state index contributed by atoms with van der Waals surface area (Å²) in [5.41, 5.74) is 0.0672. The third-order valence-electron chi connectivity index (χ3n) is 4.79. The van der Waals surface area contributed by atoms with Gasteiger partial charge in [0.25, 0.3) is 11.6 Å². The predicted octanol–water partition coefficient (Wildman–Crippen LogP) is 3.51. The number of carbonyl (C=O) groups is 1. The van der Waals surface area contributed by atoms with Gasteiger partial charge in [-0.25, -0.2) is 0 Å². The Morgan fingerprint density at radius 3 is 2.42 bits per heavy atom. The zero-order valence-corrected chi connectivity index (χ0v) is 16.6. The highest BCUT2D eigenvalue weighted by molar-refractivity contribution is 5.98. The number of rotatable bonds is 6. The number of carbonyl (C=O) groups excluding carboxylic acids is 1. The molecule has 0 aliphatic carbocycles. The molecule has 0 radical (unpaired) electrons. The van der Waals surface area contributed by atoms with Crippen LogP contribution in [0.2, 0.25) is 0 Å². The van der Waals surface area contributed by atoms with Crippen molar-refractivity contribution in [3.63, 3.8) is 0 Å². The maximum atomic E-state index is 12.9. The minimum absolute atomic E-state index is 0.265. The number of amides is 1. The lowest BCUT2D eigenvalue weighted by Gasteiger charge is -2.36. The van der Waals surface area contributed by atoms with Gasteiger partial charge >= 0.3 is 6.18 Å². The fraction of sp³-hybridized carbons (Fsp3) is 0.350. The highest BCUT2D eigenvalue weighted by atomic mass is 19.4. The van der Waals surface area contributed by atoms with E-state index in [1.165, 1.54) is 4.90 Å². The largest absolute Gasteiger partial charge is 0.495 e. The first kappa shape index (κ1) is 22.2. The normalized spacial score (nSPS) is 14.3. The molecule has 0 aromatic heterocycles. The molecule has 1 amide bonds. The van der Waals surface area contributed by atoms with E-state index >= 15 is 0 Å². The Hall–Kier alpha value is -3.50. The number of nitro benzene ring substituents is 1. The van der Waals surface area contributed by atoms with E-state index in [0.717, 1.165) is 23.9 Å². The molecule has 8 nitrogen and oxygen atoms in total. The van der Waals surface area contributed by atoms with Crippen LogP contribution >= 0.6 is 0 Å². The fourth-order valence-corrected chi connectivity index (χ4v) is 3.31. The molecule has 0 unspecified atom stereocenters. The van der Waals surface area contributed by atoms with Crippen LogP contribution in [0.15, 0.2) is 42.5 Å². The first-order valence-electron chi connectivity index (χ1n) is 9.35. The summed E-state index contributed by atoms with van der Waals surface area (Å²) in [6.07, 6.45) is -4.57. The number of benzene rings is 2. The molecule has 0 N–H and O–H groups in total. The second-order valence-corrected chi connectivity index (χ2v) is 6.79. The molecule has 3 rings (SSSR count). The number of para-hydroxylation sites is 2.